The molecule has 0 saturated carbocycles. The molecule has 1 aliphatic carbocycles. The van der Waals surface area contributed by atoms with Gasteiger partial charge in [-0.05, 0) is 0 Å². The standard InChI is InChI=1S/C17H22N.C6H6N.2ClH.Ti/c1-13(2)16-7-5-6-8-17(16)15-10-9-14(11-15)12-18(3)4;7-6-4-2-1-3-5-6;;;/h5-9,11H,10,12H2,1-4H3;1-5,7H;2*1H;/q;-1;;;+1. The summed E-state index contributed by atoms with van der Waals surface area (Å²) in [7, 11) is 4.26. The van der Waals surface area contributed by atoms with E-state index in [1.807, 2.05) is 0 Å². The number of para-hydroxylation sites is 1. The largest absolute Gasteiger partial charge is 0.147 e. The average Bonchev–Trinajstić information content (AvgIpc) is 3.09. The Bertz CT molecular complexity index is 814. The maximum absolute atomic E-state index is 3.72. The van der Waals surface area contributed by atoms with Gasteiger partial charge < -0.3 is 0 Å². The van der Waals surface area contributed by atoms with Crippen molar-refractivity contribution in [2.75, 3.05) is 24.4 Å². The van der Waals surface area contributed by atoms with E-state index in [1.54, 1.807) is 0 Å². The molecule has 0 aliphatic heterocycles. The molecule has 0 saturated heterocycles. The minimum Gasteiger partial charge on any atom is -0.147 e. The first-order chi connectivity index (χ1) is 12.5. The maximum Gasteiger partial charge on any atom is -0.147 e. The van der Waals surface area contributed by atoms with E-state index >= 15 is 0 Å². The van der Waals surface area contributed by atoms with Gasteiger partial charge in [0.25, 0.3) is 0 Å². The number of rotatable bonds is 7. The Hall–Kier alpha value is -1.03. The van der Waals surface area contributed by atoms with E-state index in [-0.39, 0.29) is 28.5 Å². The van der Waals surface area contributed by atoms with Crippen molar-refractivity contribution in [3.05, 3.63) is 83.4 Å². The minimum atomic E-state index is -0.395. The molecule has 0 spiro atoms. The van der Waals surface area contributed by atoms with Gasteiger partial charge in [0.1, 0.15) is 0 Å². The van der Waals surface area contributed by atoms with Crippen LogP contribution in [0.15, 0.2) is 72.3 Å². The first kappa shape index (κ1) is 25.0. The number of allylic oxidation sites excluding steroid dienone is 2. The van der Waals surface area contributed by atoms with Gasteiger partial charge in [0.2, 0.25) is 0 Å². The Morgan fingerprint density at radius 3 is 2.29 bits per heavy atom. The molecule has 0 radical (unpaired) electrons. The van der Waals surface area contributed by atoms with E-state index in [0.717, 1.165) is 13.0 Å². The van der Waals surface area contributed by atoms with Gasteiger partial charge in [-0.2, -0.15) is 0 Å². The number of halogens is 2. The molecule has 2 nitrogen and oxygen atoms in total. The third-order valence-corrected chi connectivity index (χ3v) is 6.72. The number of benzene rings is 2. The maximum atomic E-state index is 3.72. The summed E-state index contributed by atoms with van der Waals surface area (Å²) in [6.45, 7) is 5.77. The molecule has 2 aromatic rings. The predicted octanol–water partition coefficient (Wildman–Crippen LogP) is 6.15. The van der Waals surface area contributed by atoms with Crippen molar-refractivity contribution >= 4 is 36.1 Å². The average molecular weight is 453 g/mol. The van der Waals surface area contributed by atoms with Gasteiger partial charge in [-0.1, -0.05) is 0 Å². The molecular weight excluding hydrogens is 423 g/mol. The second-order valence-corrected chi connectivity index (χ2v) is 10.4. The molecule has 0 fully saturated rings. The van der Waals surface area contributed by atoms with Crippen LogP contribution in [0.1, 0.15) is 31.4 Å². The van der Waals surface area contributed by atoms with Crippen LogP contribution in [0.25, 0.3) is 5.57 Å². The van der Waals surface area contributed by atoms with E-state index in [0.29, 0.717) is 0 Å². The molecule has 0 unspecified atom stereocenters. The first-order valence-electron chi connectivity index (χ1n) is 9.18. The van der Waals surface area contributed by atoms with E-state index in [4.69, 9.17) is 0 Å². The molecule has 5 heteroatoms. The van der Waals surface area contributed by atoms with Gasteiger partial charge in [0, 0.05) is 0 Å². The Kier molecular flexibility index (Phi) is 10.0. The molecule has 0 atom stereocenters. The van der Waals surface area contributed by atoms with Crippen LogP contribution in [-0.4, -0.2) is 25.5 Å². The fraction of sp³-hybridized carbons (Fsp3) is 0.304. The van der Waals surface area contributed by atoms with Gasteiger partial charge in [-0.15, -0.1) is 24.8 Å². The van der Waals surface area contributed by atoms with Crippen LogP contribution in [0.4, 0.5) is 5.69 Å². The summed E-state index contributed by atoms with van der Waals surface area (Å²) in [4.78, 5) is 2.23. The van der Waals surface area contributed by atoms with Crippen molar-refractivity contribution < 1.29 is 19.4 Å². The van der Waals surface area contributed by atoms with Crippen molar-refractivity contribution in [3.63, 3.8) is 0 Å². The Morgan fingerprint density at radius 2 is 1.61 bits per heavy atom. The SMILES string of the molecule is CN(C)CC1=CCC(c2ccccc2[C](C)(C)[Ti][NH]c2ccccc2)=C1.Cl.Cl. The molecule has 1 N–H and O–H groups in total. The minimum absolute atomic E-state index is 0. The summed E-state index contributed by atoms with van der Waals surface area (Å²) in [5.74, 6) is 0. The zero-order chi connectivity index (χ0) is 18.6. The zero-order valence-corrected chi connectivity index (χ0v) is 20.2. The predicted molar refractivity (Wildman–Crippen MR) is 123 cm³/mol. The summed E-state index contributed by atoms with van der Waals surface area (Å²) >= 11 is -0.395. The third-order valence-electron chi connectivity index (χ3n) is 4.68. The van der Waals surface area contributed by atoms with Crippen molar-refractivity contribution in [1.82, 2.24) is 4.90 Å². The monoisotopic (exact) mass is 452 g/mol. The van der Waals surface area contributed by atoms with Crippen LogP contribution in [-0.2, 0) is 23.1 Å². The number of nitrogens with zero attached hydrogens (tertiary/aromatic N) is 1. The van der Waals surface area contributed by atoms with E-state index in [9.17, 15) is 0 Å². The Balaban J connectivity index is 0.00000196. The third kappa shape index (κ3) is 6.51. The van der Waals surface area contributed by atoms with Crippen LogP contribution in [0, 0.1) is 0 Å². The van der Waals surface area contributed by atoms with E-state index in [1.165, 1.54) is 28.0 Å². The molecule has 1 aliphatic rings. The number of nitrogens with one attached hydrogen (secondary N) is 1. The summed E-state index contributed by atoms with van der Waals surface area (Å²) in [5, 5.41) is 0. The molecule has 2 aromatic carbocycles. The molecule has 0 bridgehead atoms. The number of hydrogen-bond acceptors (Lipinski definition) is 2. The smallest absolute Gasteiger partial charge is 0.147 e. The zero-order valence-electron chi connectivity index (χ0n) is 17.0. The summed E-state index contributed by atoms with van der Waals surface area (Å²) < 4.78 is 3.89. The van der Waals surface area contributed by atoms with Crippen LogP contribution < -0.4 is 3.80 Å². The van der Waals surface area contributed by atoms with Crippen molar-refractivity contribution in [2.24, 2.45) is 0 Å². The quantitative estimate of drug-likeness (QED) is 0.506. The number of hydrogen-bond donors (Lipinski definition) is 1. The molecule has 3 rings (SSSR count). The van der Waals surface area contributed by atoms with Gasteiger partial charge in [-0.25, -0.2) is 0 Å². The van der Waals surface area contributed by atoms with Crippen molar-refractivity contribution in [3.8, 4) is 0 Å². The van der Waals surface area contributed by atoms with Crippen molar-refractivity contribution in [2.45, 2.75) is 24.0 Å². The summed E-state index contributed by atoms with van der Waals surface area (Å²) in [6.07, 6.45) is 5.81. The van der Waals surface area contributed by atoms with E-state index in [2.05, 4.69) is 103 Å². The van der Waals surface area contributed by atoms with Crippen LogP contribution >= 0.6 is 24.8 Å². The van der Waals surface area contributed by atoms with Gasteiger partial charge >= 0.3 is 167 Å². The van der Waals surface area contributed by atoms with Crippen LogP contribution in [0.5, 0.6) is 0 Å². The fourth-order valence-electron chi connectivity index (χ4n) is 3.37. The summed E-state index contributed by atoms with van der Waals surface area (Å²) in [5.41, 5.74) is 7.00. The second kappa shape index (κ2) is 11.2. The topological polar surface area (TPSA) is 15.3 Å². The summed E-state index contributed by atoms with van der Waals surface area (Å²) in [6, 6.07) is 19.5. The fourth-order valence-corrected chi connectivity index (χ4v) is 4.90. The molecule has 28 heavy (non-hydrogen) atoms. The van der Waals surface area contributed by atoms with Gasteiger partial charge in [0.15, 0.2) is 0 Å². The Labute approximate surface area is 191 Å². The number of anilines is 1. The normalized spacial score (nSPS) is 13.2. The van der Waals surface area contributed by atoms with Crippen LogP contribution in [0.2, 0.25) is 0 Å². The molecule has 0 heterocycles. The molecule has 150 valence electrons. The molecule has 0 aromatic heterocycles. The van der Waals surface area contributed by atoms with Gasteiger partial charge in [0.05, 0.1) is 0 Å². The molecule has 0 amide bonds. The number of likely N-dealkylation sites (N-methyl/N-ethyl adjacent to an activating group) is 1. The van der Waals surface area contributed by atoms with Gasteiger partial charge in [-0.3, -0.25) is 0 Å². The van der Waals surface area contributed by atoms with Crippen LogP contribution in [0.3, 0.4) is 0 Å². The molecular formula is C23H30Cl2N2Ti. The van der Waals surface area contributed by atoms with E-state index < -0.39 is 19.4 Å². The Morgan fingerprint density at radius 1 is 0.964 bits per heavy atom. The first-order valence-corrected chi connectivity index (χ1v) is 10.7. The van der Waals surface area contributed by atoms with Crippen molar-refractivity contribution in [1.29, 1.82) is 0 Å². The second-order valence-electron chi connectivity index (χ2n) is 7.68.